The Labute approximate surface area is 228 Å². The van der Waals surface area contributed by atoms with Crippen molar-refractivity contribution in [2.75, 3.05) is 39.9 Å². The summed E-state index contributed by atoms with van der Waals surface area (Å²) in [5.41, 5.74) is 0.845. The van der Waals surface area contributed by atoms with E-state index < -0.39 is 0 Å². The summed E-state index contributed by atoms with van der Waals surface area (Å²) in [6, 6.07) is 6.39. The van der Waals surface area contributed by atoms with Crippen LogP contribution in [0.15, 0.2) is 24.3 Å². The average molecular weight is 534 g/mol. The summed E-state index contributed by atoms with van der Waals surface area (Å²) >= 11 is 0. The number of hydrogen-bond acceptors (Lipinski definition) is 5. The molecular weight excluding hydrogens is 490 g/mol. The van der Waals surface area contributed by atoms with Crippen LogP contribution in [0.2, 0.25) is 0 Å². The molecule has 0 unspecified atom stereocenters. The summed E-state index contributed by atoms with van der Waals surface area (Å²) in [7, 11) is 1.58. The third kappa shape index (κ3) is 8.64. The minimum atomic E-state index is -0.0662. The van der Waals surface area contributed by atoms with Gasteiger partial charge in [0.2, 0.25) is 5.91 Å². The van der Waals surface area contributed by atoms with Crippen molar-refractivity contribution in [2.45, 2.75) is 76.8 Å². The van der Waals surface area contributed by atoms with Crippen molar-refractivity contribution in [3.8, 4) is 11.5 Å². The van der Waals surface area contributed by atoms with Gasteiger partial charge in [0.25, 0.3) is 5.91 Å². The maximum atomic E-state index is 12.8. The van der Waals surface area contributed by atoms with Gasteiger partial charge in [-0.1, -0.05) is 19.4 Å². The summed E-state index contributed by atoms with van der Waals surface area (Å²) in [5.74, 6) is 1.80. The van der Waals surface area contributed by atoms with Crippen LogP contribution in [0.5, 0.6) is 11.5 Å². The molecule has 2 heterocycles. The molecule has 37 heavy (non-hydrogen) atoms. The van der Waals surface area contributed by atoms with E-state index in [-0.39, 0.29) is 36.9 Å². The van der Waals surface area contributed by atoms with E-state index in [9.17, 15) is 9.59 Å². The van der Waals surface area contributed by atoms with Crippen LogP contribution in [0.4, 0.5) is 0 Å². The number of benzene rings is 1. The van der Waals surface area contributed by atoms with Gasteiger partial charge in [0, 0.05) is 31.2 Å². The Morgan fingerprint density at radius 3 is 2.35 bits per heavy atom. The second-order valence-corrected chi connectivity index (χ2v) is 10.7. The molecule has 2 amide bonds. The average Bonchev–Trinajstić information content (AvgIpc) is 2.92. The Morgan fingerprint density at radius 1 is 0.973 bits per heavy atom. The number of rotatable bonds is 8. The Morgan fingerprint density at radius 2 is 1.68 bits per heavy atom. The predicted octanol–water partition coefficient (Wildman–Crippen LogP) is 4.68. The number of methoxy groups -OCH3 is 1. The number of nitrogens with zero attached hydrogens (tertiary/aromatic N) is 2. The number of halogens is 1. The Hall–Kier alpha value is -2.25. The van der Waals surface area contributed by atoms with E-state index >= 15 is 0 Å². The lowest BCUT2D eigenvalue weighted by Gasteiger charge is -2.40. The molecule has 1 saturated carbocycles. The Balaban J connectivity index is 0.00000380. The largest absolute Gasteiger partial charge is 0.493 e. The quantitative estimate of drug-likeness (QED) is 0.491. The molecule has 0 aromatic heterocycles. The highest BCUT2D eigenvalue weighted by Gasteiger charge is 2.28. The van der Waals surface area contributed by atoms with Crippen molar-refractivity contribution < 1.29 is 19.1 Å². The molecule has 3 fully saturated rings. The van der Waals surface area contributed by atoms with Gasteiger partial charge in [0.05, 0.1) is 7.11 Å². The molecule has 206 valence electrons. The zero-order valence-corrected chi connectivity index (χ0v) is 23.3. The molecule has 0 atom stereocenters. The number of carbonyl (C=O) groups excluding carboxylic acids is 2. The minimum Gasteiger partial charge on any atom is -0.493 e. The first-order valence-corrected chi connectivity index (χ1v) is 13.8. The van der Waals surface area contributed by atoms with Gasteiger partial charge in [-0.3, -0.25) is 9.59 Å². The summed E-state index contributed by atoms with van der Waals surface area (Å²) in [5, 5.41) is 3.11. The lowest BCUT2D eigenvalue weighted by atomic mass is 9.87. The van der Waals surface area contributed by atoms with E-state index in [1.165, 1.54) is 45.2 Å². The van der Waals surface area contributed by atoms with Crippen molar-refractivity contribution in [3.05, 3.63) is 29.8 Å². The van der Waals surface area contributed by atoms with Gasteiger partial charge < -0.3 is 24.6 Å². The zero-order chi connectivity index (χ0) is 25.3. The standard InChI is InChI=1S/C29H43N3O4.ClH/c1-22-6-10-24(11-7-22)30-28(33)13-9-23-8-12-26(27(20-23)35-2)36-21-29(34)32-18-14-25(15-19-32)31-16-4-3-5-17-31;/h8-9,12-13,20,22,24-25H,3-7,10-11,14-19,21H2,1-2H3,(H,30,33);1H/t22-,24-;. The van der Waals surface area contributed by atoms with Crippen molar-refractivity contribution in [1.29, 1.82) is 0 Å². The molecule has 1 aromatic carbocycles. The number of nitrogens with one attached hydrogen (secondary N) is 1. The predicted molar refractivity (Wildman–Crippen MR) is 149 cm³/mol. The lowest BCUT2D eigenvalue weighted by Crippen LogP contribution is -2.49. The normalized spacial score (nSPS) is 23.4. The molecule has 2 saturated heterocycles. The van der Waals surface area contributed by atoms with E-state index in [2.05, 4.69) is 17.1 Å². The van der Waals surface area contributed by atoms with E-state index in [1.54, 1.807) is 25.3 Å². The van der Waals surface area contributed by atoms with E-state index in [0.717, 1.165) is 50.3 Å². The highest BCUT2D eigenvalue weighted by Crippen LogP contribution is 2.29. The molecule has 0 radical (unpaired) electrons. The first-order chi connectivity index (χ1) is 17.5. The lowest BCUT2D eigenvalue weighted by molar-refractivity contribution is -0.135. The molecule has 7 nitrogen and oxygen atoms in total. The van der Waals surface area contributed by atoms with Gasteiger partial charge in [-0.25, -0.2) is 0 Å². The summed E-state index contributed by atoms with van der Waals surface area (Å²) in [6.45, 7) is 6.28. The number of likely N-dealkylation sites (tertiary alicyclic amines) is 2. The van der Waals surface area contributed by atoms with Gasteiger partial charge in [0.1, 0.15) is 0 Å². The first kappa shape index (κ1) is 29.3. The molecule has 4 rings (SSSR count). The minimum absolute atomic E-state index is 0. The second kappa shape index (κ2) is 14.6. The molecule has 3 aliphatic rings. The maximum Gasteiger partial charge on any atom is 0.260 e. The molecule has 0 bridgehead atoms. The van der Waals surface area contributed by atoms with Gasteiger partial charge in [-0.05, 0) is 94.1 Å². The molecule has 8 heteroatoms. The van der Waals surface area contributed by atoms with Crippen LogP contribution < -0.4 is 14.8 Å². The Bertz CT molecular complexity index is 902. The SMILES string of the molecule is COc1cc(C=CC(=O)N[C@H]2CC[C@H](C)CC2)ccc1OCC(=O)N1CCC(N2CCCCC2)CC1.Cl. The molecule has 0 spiro atoms. The third-order valence-corrected chi connectivity index (χ3v) is 8.05. The van der Waals surface area contributed by atoms with Crippen LogP contribution in [0.3, 0.4) is 0 Å². The molecule has 1 aliphatic carbocycles. The van der Waals surface area contributed by atoms with Crippen molar-refractivity contribution in [2.24, 2.45) is 5.92 Å². The molecule has 1 N–H and O–H groups in total. The van der Waals surface area contributed by atoms with Crippen LogP contribution in [-0.2, 0) is 9.59 Å². The van der Waals surface area contributed by atoms with Gasteiger partial charge >= 0.3 is 0 Å². The molecule has 2 aliphatic heterocycles. The maximum absolute atomic E-state index is 12.8. The van der Waals surface area contributed by atoms with Crippen LogP contribution in [0.1, 0.15) is 70.3 Å². The van der Waals surface area contributed by atoms with Crippen LogP contribution in [0.25, 0.3) is 6.08 Å². The number of piperidine rings is 2. The van der Waals surface area contributed by atoms with Gasteiger partial charge in [-0.2, -0.15) is 0 Å². The van der Waals surface area contributed by atoms with Gasteiger partial charge in [0.15, 0.2) is 18.1 Å². The Kier molecular flexibility index (Phi) is 11.6. The van der Waals surface area contributed by atoms with Crippen LogP contribution in [0, 0.1) is 5.92 Å². The van der Waals surface area contributed by atoms with Crippen LogP contribution >= 0.6 is 12.4 Å². The summed E-state index contributed by atoms with van der Waals surface area (Å²) in [6.07, 6.45) is 13.8. The smallest absolute Gasteiger partial charge is 0.260 e. The second-order valence-electron chi connectivity index (χ2n) is 10.7. The van der Waals surface area contributed by atoms with Crippen LogP contribution in [-0.4, -0.2) is 73.6 Å². The number of amides is 2. The summed E-state index contributed by atoms with van der Waals surface area (Å²) < 4.78 is 11.3. The number of ether oxygens (including phenoxy) is 2. The zero-order valence-electron chi connectivity index (χ0n) is 22.5. The first-order valence-electron chi connectivity index (χ1n) is 13.8. The van der Waals surface area contributed by atoms with E-state index in [4.69, 9.17) is 9.47 Å². The third-order valence-electron chi connectivity index (χ3n) is 8.05. The fraction of sp³-hybridized carbons (Fsp3) is 0.655. The molecular formula is C29H44ClN3O4. The highest BCUT2D eigenvalue weighted by molar-refractivity contribution is 5.92. The number of hydrogen-bond donors (Lipinski definition) is 1. The van der Waals surface area contributed by atoms with E-state index in [0.29, 0.717) is 17.5 Å². The van der Waals surface area contributed by atoms with Crippen molar-refractivity contribution in [3.63, 3.8) is 0 Å². The number of carbonyl (C=O) groups is 2. The molecule has 1 aromatic rings. The monoisotopic (exact) mass is 533 g/mol. The van der Waals surface area contributed by atoms with Gasteiger partial charge in [-0.15, -0.1) is 12.4 Å². The fourth-order valence-electron chi connectivity index (χ4n) is 5.73. The van der Waals surface area contributed by atoms with Crippen molar-refractivity contribution in [1.82, 2.24) is 15.1 Å². The highest BCUT2D eigenvalue weighted by atomic mass is 35.5. The van der Waals surface area contributed by atoms with E-state index in [1.807, 2.05) is 17.0 Å². The fourth-order valence-corrected chi connectivity index (χ4v) is 5.73. The topological polar surface area (TPSA) is 71.1 Å². The summed E-state index contributed by atoms with van der Waals surface area (Å²) in [4.78, 5) is 29.6. The van der Waals surface area contributed by atoms with Crippen molar-refractivity contribution >= 4 is 30.3 Å².